The van der Waals surface area contributed by atoms with Crippen molar-refractivity contribution in [1.29, 1.82) is 0 Å². The Morgan fingerprint density at radius 3 is 2.17 bits per heavy atom. The SMILES string of the molecule is c1ccc(CON2CC(c3ccccc3)C2)cc1. The van der Waals surface area contributed by atoms with E-state index in [4.69, 9.17) is 4.84 Å². The van der Waals surface area contributed by atoms with Crippen LogP contribution in [0.4, 0.5) is 0 Å². The molecule has 2 aromatic carbocycles. The second-order valence-electron chi connectivity index (χ2n) is 4.71. The molecule has 0 aliphatic carbocycles. The van der Waals surface area contributed by atoms with Crippen molar-refractivity contribution in [3.63, 3.8) is 0 Å². The van der Waals surface area contributed by atoms with E-state index in [1.165, 1.54) is 11.1 Å². The average Bonchev–Trinajstić information content (AvgIpc) is 2.39. The third kappa shape index (κ3) is 2.61. The van der Waals surface area contributed by atoms with Gasteiger partial charge in [0.05, 0.1) is 6.61 Å². The van der Waals surface area contributed by atoms with E-state index in [1.54, 1.807) is 0 Å². The van der Waals surface area contributed by atoms with Gasteiger partial charge in [0.2, 0.25) is 0 Å². The van der Waals surface area contributed by atoms with Gasteiger partial charge in [-0.25, -0.2) is 0 Å². The second kappa shape index (κ2) is 5.34. The Kier molecular flexibility index (Phi) is 3.40. The minimum absolute atomic E-state index is 0.627. The van der Waals surface area contributed by atoms with E-state index >= 15 is 0 Å². The van der Waals surface area contributed by atoms with E-state index in [0.29, 0.717) is 12.5 Å². The lowest BCUT2D eigenvalue weighted by Crippen LogP contribution is -2.44. The van der Waals surface area contributed by atoms with Crippen molar-refractivity contribution in [2.45, 2.75) is 12.5 Å². The van der Waals surface area contributed by atoms with Crippen LogP contribution in [-0.4, -0.2) is 18.2 Å². The summed E-state index contributed by atoms with van der Waals surface area (Å²) in [7, 11) is 0. The van der Waals surface area contributed by atoms with Gasteiger partial charge in [0, 0.05) is 19.0 Å². The zero-order valence-electron chi connectivity index (χ0n) is 10.3. The van der Waals surface area contributed by atoms with Gasteiger partial charge >= 0.3 is 0 Å². The fourth-order valence-corrected chi connectivity index (χ4v) is 2.22. The predicted molar refractivity (Wildman–Crippen MR) is 72.0 cm³/mol. The van der Waals surface area contributed by atoms with Crippen LogP contribution in [0.5, 0.6) is 0 Å². The molecule has 18 heavy (non-hydrogen) atoms. The summed E-state index contributed by atoms with van der Waals surface area (Å²) in [4.78, 5) is 5.75. The third-order valence-corrected chi connectivity index (χ3v) is 3.38. The highest BCUT2D eigenvalue weighted by atomic mass is 16.7. The molecular formula is C16H17NO. The smallest absolute Gasteiger partial charge is 0.0935 e. The highest BCUT2D eigenvalue weighted by Crippen LogP contribution is 2.27. The largest absolute Gasteiger partial charge is 0.294 e. The average molecular weight is 239 g/mol. The summed E-state index contributed by atoms with van der Waals surface area (Å²) < 4.78 is 0. The van der Waals surface area contributed by atoms with Crippen LogP contribution in [0, 0.1) is 0 Å². The molecule has 0 amide bonds. The Morgan fingerprint density at radius 1 is 0.889 bits per heavy atom. The molecule has 0 unspecified atom stereocenters. The summed E-state index contributed by atoms with van der Waals surface area (Å²) in [6.45, 7) is 2.66. The highest BCUT2D eigenvalue weighted by molar-refractivity contribution is 5.22. The monoisotopic (exact) mass is 239 g/mol. The van der Waals surface area contributed by atoms with E-state index in [2.05, 4.69) is 42.5 Å². The van der Waals surface area contributed by atoms with E-state index < -0.39 is 0 Å². The lowest BCUT2D eigenvalue weighted by molar-refractivity contribution is -0.214. The summed E-state index contributed by atoms with van der Waals surface area (Å²) in [6.07, 6.45) is 0. The molecule has 0 bridgehead atoms. The lowest BCUT2D eigenvalue weighted by Gasteiger charge is -2.38. The number of benzene rings is 2. The van der Waals surface area contributed by atoms with Gasteiger partial charge in [-0.05, 0) is 11.1 Å². The van der Waals surface area contributed by atoms with Crippen LogP contribution in [-0.2, 0) is 11.4 Å². The standard InChI is InChI=1S/C16H17NO/c1-3-7-14(8-4-1)13-18-17-11-16(12-17)15-9-5-2-6-10-15/h1-10,16H,11-13H2. The first kappa shape index (κ1) is 11.5. The maximum absolute atomic E-state index is 5.75. The molecule has 92 valence electrons. The molecule has 1 fully saturated rings. The van der Waals surface area contributed by atoms with Gasteiger partial charge in [-0.3, -0.25) is 4.84 Å². The van der Waals surface area contributed by atoms with E-state index in [0.717, 1.165) is 13.1 Å². The first-order chi connectivity index (χ1) is 8.92. The number of hydroxylamine groups is 2. The maximum Gasteiger partial charge on any atom is 0.0935 e. The first-order valence-corrected chi connectivity index (χ1v) is 6.38. The van der Waals surface area contributed by atoms with Crippen molar-refractivity contribution < 1.29 is 4.84 Å². The Balaban J connectivity index is 1.46. The van der Waals surface area contributed by atoms with Crippen molar-refractivity contribution in [3.8, 4) is 0 Å². The van der Waals surface area contributed by atoms with Crippen molar-refractivity contribution >= 4 is 0 Å². The minimum atomic E-state index is 0.627. The van der Waals surface area contributed by atoms with Gasteiger partial charge in [0.15, 0.2) is 0 Å². The van der Waals surface area contributed by atoms with Gasteiger partial charge in [-0.2, -0.15) is 5.06 Å². The maximum atomic E-state index is 5.75. The van der Waals surface area contributed by atoms with Crippen LogP contribution in [0.3, 0.4) is 0 Å². The predicted octanol–water partition coefficient (Wildman–Crippen LogP) is 3.22. The van der Waals surface area contributed by atoms with E-state index in [9.17, 15) is 0 Å². The van der Waals surface area contributed by atoms with Crippen LogP contribution in [0.25, 0.3) is 0 Å². The molecule has 1 saturated heterocycles. The quantitative estimate of drug-likeness (QED) is 0.812. The van der Waals surface area contributed by atoms with Crippen molar-refractivity contribution in [2.75, 3.05) is 13.1 Å². The van der Waals surface area contributed by atoms with E-state index in [-0.39, 0.29) is 0 Å². The number of hydrogen-bond donors (Lipinski definition) is 0. The molecule has 2 nitrogen and oxygen atoms in total. The summed E-state index contributed by atoms with van der Waals surface area (Å²) >= 11 is 0. The Morgan fingerprint density at radius 2 is 1.50 bits per heavy atom. The lowest BCUT2D eigenvalue weighted by atomic mass is 9.93. The highest BCUT2D eigenvalue weighted by Gasteiger charge is 2.28. The molecule has 2 aromatic rings. The molecule has 0 spiro atoms. The summed E-state index contributed by atoms with van der Waals surface area (Å²) in [6, 6.07) is 20.9. The third-order valence-electron chi connectivity index (χ3n) is 3.38. The van der Waals surface area contributed by atoms with Crippen LogP contribution in [0.2, 0.25) is 0 Å². The van der Waals surface area contributed by atoms with Crippen LogP contribution >= 0.6 is 0 Å². The fourth-order valence-electron chi connectivity index (χ4n) is 2.22. The van der Waals surface area contributed by atoms with Gasteiger partial charge in [0.1, 0.15) is 0 Å². The molecule has 0 saturated carbocycles. The summed E-state index contributed by atoms with van der Waals surface area (Å²) in [5.41, 5.74) is 2.64. The zero-order valence-corrected chi connectivity index (χ0v) is 10.3. The summed E-state index contributed by atoms with van der Waals surface area (Å²) in [5, 5.41) is 2.05. The molecule has 1 aliphatic rings. The molecule has 0 aromatic heterocycles. The van der Waals surface area contributed by atoms with Crippen molar-refractivity contribution in [2.24, 2.45) is 0 Å². The molecule has 3 rings (SSSR count). The molecule has 1 heterocycles. The van der Waals surface area contributed by atoms with Gasteiger partial charge in [-0.1, -0.05) is 60.7 Å². The van der Waals surface area contributed by atoms with Crippen LogP contribution in [0.1, 0.15) is 17.0 Å². The number of nitrogens with zero attached hydrogens (tertiary/aromatic N) is 1. The van der Waals surface area contributed by atoms with Crippen molar-refractivity contribution in [3.05, 3.63) is 71.8 Å². The fraction of sp³-hybridized carbons (Fsp3) is 0.250. The van der Waals surface area contributed by atoms with E-state index in [1.807, 2.05) is 23.3 Å². The normalized spacial score (nSPS) is 16.4. The first-order valence-electron chi connectivity index (χ1n) is 6.38. The molecular weight excluding hydrogens is 222 g/mol. The topological polar surface area (TPSA) is 12.5 Å². The van der Waals surface area contributed by atoms with Crippen LogP contribution in [0.15, 0.2) is 60.7 Å². The Hall–Kier alpha value is -1.64. The number of rotatable bonds is 4. The van der Waals surface area contributed by atoms with Crippen molar-refractivity contribution in [1.82, 2.24) is 5.06 Å². The Bertz CT molecular complexity index is 474. The molecule has 0 N–H and O–H groups in total. The van der Waals surface area contributed by atoms with Gasteiger partial charge in [0.25, 0.3) is 0 Å². The second-order valence-corrected chi connectivity index (χ2v) is 4.71. The molecule has 1 aliphatic heterocycles. The minimum Gasteiger partial charge on any atom is -0.294 e. The zero-order chi connectivity index (χ0) is 12.2. The van der Waals surface area contributed by atoms with Gasteiger partial charge < -0.3 is 0 Å². The molecule has 0 radical (unpaired) electrons. The Labute approximate surface area is 108 Å². The van der Waals surface area contributed by atoms with Gasteiger partial charge in [-0.15, -0.1) is 0 Å². The van der Waals surface area contributed by atoms with Crippen LogP contribution < -0.4 is 0 Å². The number of hydrogen-bond acceptors (Lipinski definition) is 2. The summed E-state index contributed by atoms with van der Waals surface area (Å²) in [5.74, 6) is 0.627. The molecule has 2 heteroatoms. The molecule has 0 atom stereocenters.